The largest absolute Gasteiger partial charge is 0.395 e. The fourth-order valence-electron chi connectivity index (χ4n) is 3.32. The van der Waals surface area contributed by atoms with E-state index in [1.54, 1.807) is 41.6 Å². The molecule has 0 radical (unpaired) electrons. The first-order chi connectivity index (χ1) is 13.3. The van der Waals surface area contributed by atoms with Gasteiger partial charge in [0, 0.05) is 39.6 Å². The summed E-state index contributed by atoms with van der Waals surface area (Å²) >= 11 is 0. The summed E-state index contributed by atoms with van der Waals surface area (Å²) in [6.07, 6.45) is 0. The van der Waals surface area contributed by atoms with Crippen LogP contribution in [0.2, 0.25) is 0 Å². The van der Waals surface area contributed by atoms with Crippen LogP contribution in [0.1, 0.15) is 33.3 Å². The fraction of sp³-hybridized carbons (Fsp3) is 0.400. The number of hydrogen-bond acceptors (Lipinski definition) is 5. The Hall–Kier alpha value is -2.71. The lowest BCUT2D eigenvalue weighted by Crippen LogP contribution is -2.60. The van der Waals surface area contributed by atoms with E-state index in [0.717, 1.165) is 5.56 Å². The Morgan fingerprint density at radius 2 is 2.00 bits per heavy atom. The molecule has 1 amide bonds. The average molecular weight is 388 g/mol. The van der Waals surface area contributed by atoms with Gasteiger partial charge in [-0.15, -0.1) is 0 Å². The molecule has 2 heterocycles. The fourth-order valence-corrected chi connectivity index (χ4v) is 3.32. The monoisotopic (exact) mass is 388 g/mol. The normalized spacial score (nSPS) is 14.1. The average Bonchev–Trinajstić information content (AvgIpc) is 2.93. The molecule has 1 aliphatic rings. The SMILES string of the molecule is CC(=O)c1cc(C(=O)N2CC(NCCO)C2)c(Nc2ccc(C)cc2F)n1C. The zero-order chi connectivity index (χ0) is 20.4. The molecule has 28 heavy (non-hydrogen) atoms. The van der Waals surface area contributed by atoms with Crippen LogP contribution in [0.3, 0.4) is 0 Å². The number of Topliss-reactive ketones (excluding diaryl/α,β-unsaturated/α-hetero) is 1. The van der Waals surface area contributed by atoms with Gasteiger partial charge in [0.25, 0.3) is 5.91 Å². The number of benzene rings is 1. The molecule has 0 saturated carbocycles. The summed E-state index contributed by atoms with van der Waals surface area (Å²) in [5.41, 5.74) is 1.72. The molecular weight excluding hydrogens is 363 g/mol. The van der Waals surface area contributed by atoms with E-state index in [-0.39, 0.29) is 30.0 Å². The number of aromatic nitrogens is 1. The molecule has 0 atom stereocenters. The van der Waals surface area contributed by atoms with Gasteiger partial charge < -0.3 is 25.2 Å². The molecule has 1 saturated heterocycles. The maximum Gasteiger partial charge on any atom is 0.257 e. The molecule has 1 fully saturated rings. The molecule has 1 aromatic carbocycles. The smallest absolute Gasteiger partial charge is 0.257 e. The number of likely N-dealkylation sites (tertiary alicyclic amines) is 1. The second-order valence-corrected chi connectivity index (χ2v) is 7.10. The van der Waals surface area contributed by atoms with Crippen molar-refractivity contribution in [1.82, 2.24) is 14.8 Å². The van der Waals surface area contributed by atoms with Crippen molar-refractivity contribution in [3.8, 4) is 0 Å². The van der Waals surface area contributed by atoms with E-state index < -0.39 is 5.82 Å². The maximum absolute atomic E-state index is 14.3. The predicted molar refractivity (Wildman–Crippen MR) is 105 cm³/mol. The minimum Gasteiger partial charge on any atom is -0.395 e. The van der Waals surface area contributed by atoms with Crippen molar-refractivity contribution in [2.45, 2.75) is 19.9 Å². The molecule has 150 valence electrons. The highest BCUT2D eigenvalue weighted by Gasteiger charge is 2.33. The predicted octanol–water partition coefficient (Wildman–Crippen LogP) is 1.83. The highest BCUT2D eigenvalue weighted by Crippen LogP contribution is 2.29. The summed E-state index contributed by atoms with van der Waals surface area (Å²) in [5, 5.41) is 15.0. The van der Waals surface area contributed by atoms with E-state index >= 15 is 0 Å². The van der Waals surface area contributed by atoms with Crippen LogP contribution in [0, 0.1) is 12.7 Å². The van der Waals surface area contributed by atoms with Crippen LogP contribution in [-0.4, -0.2) is 58.5 Å². The number of amides is 1. The van der Waals surface area contributed by atoms with E-state index in [1.165, 1.54) is 13.0 Å². The number of halogens is 1. The minimum absolute atomic E-state index is 0.0429. The third-order valence-electron chi connectivity index (χ3n) is 4.92. The molecule has 1 aromatic heterocycles. The van der Waals surface area contributed by atoms with Gasteiger partial charge in [0.2, 0.25) is 0 Å². The van der Waals surface area contributed by atoms with Crippen molar-refractivity contribution in [1.29, 1.82) is 0 Å². The van der Waals surface area contributed by atoms with Crippen LogP contribution >= 0.6 is 0 Å². The lowest BCUT2D eigenvalue weighted by molar-refractivity contribution is 0.0563. The first-order valence-corrected chi connectivity index (χ1v) is 9.19. The molecular formula is C20H25FN4O3. The van der Waals surface area contributed by atoms with Crippen LogP contribution in [0.4, 0.5) is 15.9 Å². The molecule has 1 aliphatic heterocycles. The van der Waals surface area contributed by atoms with Crippen molar-refractivity contribution in [2.24, 2.45) is 7.05 Å². The Kier molecular flexibility index (Phi) is 5.81. The topological polar surface area (TPSA) is 86.6 Å². The van der Waals surface area contributed by atoms with Gasteiger partial charge in [0.1, 0.15) is 11.6 Å². The maximum atomic E-state index is 14.3. The second kappa shape index (κ2) is 8.12. The zero-order valence-electron chi connectivity index (χ0n) is 16.3. The number of aliphatic hydroxyl groups is 1. The third kappa shape index (κ3) is 3.93. The van der Waals surface area contributed by atoms with Gasteiger partial charge in [-0.25, -0.2) is 4.39 Å². The van der Waals surface area contributed by atoms with Crippen LogP contribution in [0.5, 0.6) is 0 Å². The quantitative estimate of drug-likeness (QED) is 0.630. The highest BCUT2D eigenvalue weighted by atomic mass is 19.1. The Labute approximate surface area is 163 Å². The summed E-state index contributed by atoms with van der Waals surface area (Å²) in [5.74, 6) is -0.453. The van der Waals surface area contributed by atoms with Gasteiger partial charge in [0.15, 0.2) is 5.78 Å². The zero-order valence-corrected chi connectivity index (χ0v) is 16.3. The Bertz CT molecular complexity index is 903. The Morgan fingerprint density at radius 1 is 1.29 bits per heavy atom. The molecule has 3 N–H and O–H groups in total. The second-order valence-electron chi connectivity index (χ2n) is 7.10. The number of anilines is 2. The van der Waals surface area contributed by atoms with Crippen LogP contribution in [0.15, 0.2) is 24.3 Å². The first-order valence-electron chi connectivity index (χ1n) is 9.19. The van der Waals surface area contributed by atoms with Crippen LogP contribution in [0.25, 0.3) is 0 Å². The minimum atomic E-state index is -0.429. The molecule has 7 nitrogen and oxygen atoms in total. The summed E-state index contributed by atoms with van der Waals surface area (Å²) < 4.78 is 15.9. The van der Waals surface area contributed by atoms with Gasteiger partial charge in [-0.05, 0) is 30.7 Å². The van der Waals surface area contributed by atoms with Crippen molar-refractivity contribution in [3.63, 3.8) is 0 Å². The highest BCUT2D eigenvalue weighted by molar-refractivity contribution is 6.04. The molecule has 8 heteroatoms. The van der Waals surface area contributed by atoms with Gasteiger partial charge in [-0.1, -0.05) is 6.07 Å². The van der Waals surface area contributed by atoms with Crippen molar-refractivity contribution < 1.29 is 19.1 Å². The Morgan fingerprint density at radius 3 is 2.61 bits per heavy atom. The van der Waals surface area contributed by atoms with Crippen molar-refractivity contribution in [3.05, 3.63) is 46.9 Å². The third-order valence-corrected chi connectivity index (χ3v) is 4.92. The number of rotatable bonds is 7. The number of ketones is 1. The number of nitrogens with zero attached hydrogens (tertiary/aromatic N) is 2. The molecule has 2 aromatic rings. The van der Waals surface area contributed by atoms with Crippen molar-refractivity contribution >= 4 is 23.2 Å². The van der Waals surface area contributed by atoms with Gasteiger partial charge >= 0.3 is 0 Å². The summed E-state index contributed by atoms with van der Waals surface area (Å²) in [4.78, 5) is 26.6. The lowest BCUT2D eigenvalue weighted by Gasteiger charge is -2.39. The number of aryl methyl sites for hydroxylation is 1. The summed E-state index contributed by atoms with van der Waals surface area (Å²) in [7, 11) is 1.67. The van der Waals surface area contributed by atoms with Gasteiger partial charge in [-0.3, -0.25) is 9.59 Å². The standard InChI is InChI=1S/C20H25FN4O3/c1-12-4-5-17(16(21)8-12)23-19-15(9-18(13(2)27)24(19)3)20(28)25-10-14(11-25)22-6-7-26/h4-5,8-9,14,22-23,26H,6-7,10-11H2,1-3H3. The van der Waals surface area contributed by atoms with Crippen molar-refractivity contribution in [2.75, 3.05) is 31.6 Å². The summed E-state index contributed by atoms with van der Waals surface area (Å²) in [6, 6.07) is 6.48. The van der Waals surface area contributed by atoms with E-state index in [0.29, 0.717) is 36.7 Å². The van der Waals surface area contributed by atoms with Gasteiger partial charge in [0.05, 0.1) is 23.6 Å². The number of carbonyl (C=O) groups excluding carboxylic acids is 2. The summed E-state index contributed by atoms with van der Waals surface area (Å²) in [6.45, 7) is 4.78. The number of aliphatic hydroxyl groups excluding tert-OH is 1. The molecule has 0 aliphatic carbocycles. The van der Waals surface area contributed by atoms with Crippen LogP contribution < -0.4 is 10.6 Å². The number of hydrogen-bond donors (Lipinski definition) is 3. The molecule has 0 spiro atoms. The lowest BCUT2D eigenvalue weighted by atomic mass is 10.1. The van der Waals surface area contributed by atoms with E-state index in [1.807, 2.05) is 0 Å². The molecule has 0 bridgehead atoms. The first kappa shape index (κ1) is 20.0. The van der Waals surface area contributed by atoms with E-state index in [4.69, 9.17) is 5.11 Å². The number of nitrogens with one attached hydrogen (secondary N) is 2. The number of carbonyl (C=O) groups is 2. The van der Waals surface area contributed by atoms with E-state index in [2.05, 4.69) is 10.6 Å². The Balaban J connectivity index is 1.87. The van der Waals surface area contributed by atoms with Gasteiger partial charge in [-0.2, -0.15) is 0 Å². The van der Waals surface area contributed by atoms with Crippen LogP contribution in [-0.2, 0) is 7.05 Å². The molecule has 3 rings (SSSR count). The van der Waals surface area contributed by atoms with E-state index in [9.17, 15) is 14.0 Å². The molecule has 0 unspecified atom stereocenters.